The molecule has 0 radical (unpaired) electrons. The van der Waals surface area contributed by atoms with Gasteiger partial charge in [-0.25, -0.2) is 0 Å². The summed E-state index contributed by atoms with van der Waals surface area (Å²) in [5.74, 6) is 0.0761. The molecule has 1 aliphatic heterocycles. The minimum Gasteiger partial charge on any atom is -0.369 e. The molecule has 0 spiro atoms. The third-order valence-electron chi connectivity index (χ3n) is 5.06. The lowest BCUT2D eigenvalue weighted by atomic mass is 10.0. The number of hydrogen-bond acceptors (Lipinski definition) is 5. The number of ketones is 1. The molecule has 1 aliphatic rings. The number of nitro benzene ring substituents is 1. The van der Waals surface area contributed by atoms with Crippen molar-refractivity contribution in [3.8, 4) is 0 Å². The summed E-state index contributed by atoms with van der Waals surface area (Å²) < 4.78 is 0. The van der Waals surface area contributed by atoms with E-state index >= 15 is 0 Å². The molecule has 0 aliphatic carbocycles. The monoisotopic (exact) mass is 353 g/mol. The van der Waals surface area contributed by atoms with Gasteiger partial charge in [-0.05, 0) is 43.7 Å². The molecule has 1 atom stereocenters. The zero-order valence-electron chi connectivity index (χ0n) is 15.1. The summed E-state index contributed by atoms with van der Waals surface area (Å²) in [6.45, 7) is 7.22. The van der Waals surface area contributed by atoms with Gasteiger partial charge in [-0.2, -0.15) is 0 Å². The second-order valence-electron chi connectivity index (χ2n) is 6.65. The lowest BCUT2D eigenvalue weighted by molar-refractivity contribution is -0.385. The Kier molecular flexibility index (Phi) is 5.32. The zero-order chi connectivity index (χ0) is 18.7. The van der Waals surface area contributed by atoms with Crippen LogP contribution in [0.5, 0.6) is 0 Å². The molecule has 6 heteroatoms. The molecule has 136 valence electrons. The van der Waals surface area contributed by atoms with Crippen molar-refractivity contribution < 1.29 is 9.72 Å². The number of nitro groups is 1. The van der Waals surface area contributed by atoms with Gasteiger partial charge in [0, 0.05) is 55.6 Å². The molecule has 1 saturated heterocycles. The molecule has 2 aromatic carbocycles. The Labute approximate surface area is 153 Å². The van der Waals surface area contributed by atoms with Crippen molar-refractivity contribution in [2.45, 2.75) is 19.9 Å². The predicted molar refractivity (Wildman–Crippen MR) is 102 cm³/mol. The van der Waals surface area contributed by atoms with E-state index in [1.54, 1.807) is 19.1 Å². The van der Waals surface area contributed by atoms with Crippen LogP contribution in [-0.4, -0.2) is 41.8 Å². The van der Waals surface area contributed by atoms with Gasteiger partial charge in [0.25, 0.3) is 5.69 Å². The minimum absolute atomic E-state index is 0.0761. The molecule has 2 aromatic rings. The van der Waals surface area contributed by atoms with Crippen LogP contribution in [0.1, 0.15) is 35.8 Å². The highest BCUT2D eigenvalue weighted by Gasteiger charge is 2.23. The highest BCUT2D eigenvalue weighted by molar-refractivity contribution is 5.94. The molecule has 1 heterocycles. The summed E-state index contributed by atoms with van der Waals surface area (Å²) in [6.07, 6.45) is 0. The summed E-state index contributed by atoms with van der Waals surface area (Å²) in [5, 5.41) is 11.0. The van der Waals surface area contributed by atoms with Crippen molar-refractivity contribution in [2.75, 3.05) is 31.1 Å². The number of piperazine rings is 1. The maximum atomic E-state index is 11.4. The summed E-state index contributed by atoms with van der Waals surface area (Å²) >= 11 is 0. The number of anilines is 1. The molecule has 3 rings (SSSR count). The van der Waals surface area contributed by atoms with Crippen LogP contribution in [0.4, 0.5) is 11.4 Å². The fourth-order valence-electron chi connectivity index (χ4n) is 3.38. The third-order valence-corrected chi connectivity index (χ3v) is 5.06. The van der Waals surface area contributed by atoms with Gasteiger partial charge in [0.15, 0.2) is 5.78 Å². The van der Waals surface area contributed by atoms with Crippen molar-refractivity contribution >= 4 is 17.2 Å². The molecule has 0 bridgehead atoms. The third kappa shape index (κ3) is 3.91. The van der Waals surface area contributed by atoms with Gasteiger partial charge in [0.05, 0.1) is 4.92 Å². The number of hydrogen-bond donors (Lipinski definition) is 0. The Morgan fingerprint density at radius 1 is 1.08 bits per heavy atom. The Balaban J connectivity index is 1.63. The van der Waals surface area contributed by atoms with Gasteiger partial charge < -0.3 is 4.90 Å². The molecule has 6 nitrogen and oxygen atoms in total. The van der Waals surface area contributed by atoms with Crippen molar-refractivity contribution in [3.05, 3.63) is 69.8 Å². The van der Waals surface area contributed by atoms with Crippen LogP contribution >= 0.6 is 0 Å². The topological polar surface area (TPSA) is 66.7 Å². The fraction of sp³-hybridized carbons (Fsp3) is 0.350. The Bertz CT molecular complexity index is 796. The lowest BCUT2D eigenvalue weighted by Gasteiger charge is -2.39. The molecule has 0 aromatic heterocycles. The maximum Gasteiger partial charge on any atom is 0.269 e. The van der Waals surface area contributed by atoms with Crippen LogP contribution in [0.2, 0.25) is 0 Å². The number of non-ortho nitro benzene ring substituents is 1. The fourth-order valence-corrected chi connectivity index (χ4v) is 3.38. The zero-order valence-corrected chi connectivity index (χ0v) is 15.1. The molecule has 0 amide bonds. The predicted octanol–water partition coefficient (Wildman–Crippen LogP) is 3.68. The summed E-state index contributed by atoms with van der Waals surface area (Å²) in [7, 11) is 0. The molecule has 0 saturated carbocycles. The Hall–Kier alpha value is -2.73. The highest BCUT2D eigenvalue weighted by Crippen LogP contribution is 2.26. The van der Waals surface area contributed by atoms with Gasteiger partial charge in [0.2, 0.25) is 0 Å². The highest BCUT2D eigenvalue weighted by atomic mass is 16.6. The van der Waals surface area contributed by atoms with Gasteiger partial charge in [-0.15, -0.1) is 0 Å². The average molecular weight is 353 g/mol. The van der Waals surface area contributed by atoms with E-state index in [0.29, 0.717) is 0 Å². The van der Waals surface area contributed by atoms with Gasteiger partial charge in [0.1, 0.15) is 0 Å². The van der Waals surface area contributed by atoms with Crippen LogP contribution in [0.25, 0.3) is 0 Å². The summed E-state index contributed by atoms with van der Waals surface area (Å²) in [6, 6.07) is 14.8. The van der Waals surface area contributed by atoms with E-state index in [4.69, 9.17) is 0 Å². The van der Waals surface area contributed by atoms with Crippen LogP contribution in [0.15, 0.2) is 48.5 Å². The molecule has 0 N–H and O–H groups in total. The number of carbonyl (C=O) groups excluding carboxylic acids is 1. The van der Waals surface area contributed by atoms with E-state index in [-0.39, 0.29) is 22.4 Å². The van der Waals surface area contributed by atoms with Gasteiger partial charge in [-0.1, -0.05) is 12.1 Å². The standard InChI is InChI=1S/C20H23N3O3/c1-15(18-4-3-5-20(14-18)23(25)26)21-10-12-22(13-11-21)19-8-6-17(7-9-19)16(2)24/h3-9,14-15H,10-13H2,1-2H3. The van der Waals surface area contributed by atoms with Crippen molar-refractivity contribution in [1.82, 2.24) is 4.90 Å². The average Bonchev–Trinajstić information content (AvgIpc) is 2.67. The van der Waals surface area contributed by atoms with Gasteiger partial charge in [-0.3, -0.25) is 19.8 Å². The van der Waals surface area contributed by atoms with Crippen LogP contribution in [-0.2, 0) is 0 Å². The Morgan fingerprint density at radius 2 is 1.73 bits per heavy atom. The number of benzene rings is 2. The molecule has 26 heavy (non-hydrogen) atoms. The van der Waals surface area contributed by atoms with Crippen LogP contribution < -0.4 is 4.90 Å². The first-order chi connectivity index (χ1) is 12.5. The van der Waals surface area contributed by atoms with Crippen LogP contribution in [0, 0.1) is 10.1 Å². The molecule has 1 unspecified atom stereocenters. The molecular weight excluding hydrogens is 330 g/mol. The number of carbonyl (C=O) groups is 1. The summed E-state index contributed by atoms with van der Waals surface area (Å²) in [5.41, 5.74) is 2.96. The number of Topliss-reactive ketones (excluding diaryl/α,β-unsaturated/α-hetero) is 1. The molecular formula is C20H23N3O3. The second-order valence-corrected chi connectivity index (χ2v) is 6.65. The largest absolute Gasteiger partial charge is 0.369 e. The molecule has 1 fully saturated rings. The first-order valence-electron chi connectivity index (χ1n) is 8.80. The maximum absolute atomic E-state index is 11.4. The normalized spacial score (nSPS) is 16.3. The summed E-state index contributed by atoms with van der Waals surface area (Å²) in [4.78, 5) is 26.7. The van der Waals surface area contributed by atoms with E-state index in [1.165, 1.54) is 6.07 Å². The van der Waals surface area contributed by atoms with Crippen molar-refractivity contribution in [3.63, 3.8) is 0 Å². The number of rotatable bonds is 5. The van der Waals surface area contributed by atoms with Gasteiger partial charge >= 0.3 is 0 Å². The number of nitrogens with zero attached hydrogens (tertiary/aromatic N) is 3. The van der Waals surface area contributed by atoms with Crippen molar-refractivity contribution in [2.24, 2.45) is 0 Å². The van der Waals surface area contributed by atoms with E-state index in [2.05, 4.69) is 16.7 Å². The van der Waals surface area contributed by atoms with Crippen molar-refractivity contribution in [1.29, 1.82) is 0 Å². The van der Waals surface area contributed by atoms with Crippen LogP contribution in [0.3, 0.4) is 0 Å². The smallest absolute Gasteiger partial charge is 0.269 e. The van der Waals surface area contributed by atoms with E-state index in [0.717, 1.165) is 43.0 Å². The minimum atomic E-state index is -0.348. The Morgan fingerprint density at radius 3 is 2.31 bits per heavy atom. The second kappa shape index (κ2) is 7.66. The quantitative estimate of drug-likeness (QED) is 0.466. The first kappa shape index (κ1) is 18.1. The van der Waals surface area contributed by atoms with E-state index in [1.807, 2.05) is 30.3 Å². The lowest BCUT2D eigenvalue weighted by Crippen LogP contribution is -2.47. The van der Waals surface area contributed by atoms with E-state index < -0.39 is 0 Å². The van der Waals surface area contributed by atoms with E-state index in [9.17, 15) is 14.9 Å². The SMILES string of the molecule is CC(=O)c1ccc(N2CCN(C(C)c3cccc([N+](=O)[O-])c3)CC2)cc1. The first-order valence-corrected chi connectivity index (χ1v) is 8.80.